The van der Waals surface area contributed by atoms with Gasteiger partial charge in [0.25, 0.3) is 0 Å². The topological polar surface area (TPSA) is 17.1 Å². The molecule has 0 saturated heterocycles. The summed E-state index contributed by atoms with van der Waals surface area (Å²) in [6, 6.07) is 0. The van der Waals surface area contributed by atoms with Gasteiger partial charge in [-0.1, -0.05) is 40.5 Å². The van der Waals surface area contributed by atoms with Crippen molar-refractivity contribution in [1.29, 1.82) is 0 Å². The minimum atomic E-state index is 0.266. The number of Topliss-reactive ketones (excluding diaryl/α,β-unsaturated/α-hetero) is 1. The van der Waals surface area contributed by atoms with Crippen molar-refractivity contribution in [2.45, 2.75) is 98.8 Å². The molecule has 0 aromatic carbocycles. The zero-order valence-corrected chi connectivity index (χ0v) is 18.0. The van der Waals surface area contributed by atoms with E-state index in [1.807, 2.05) is 6.92 Å². The van der Waals surface area contributed by atoms with Gasteiger partial charge in [0.2, 0.25) is 0 Å². The molecular formula is C25H42O. The van der Waals surface area contributed by atoms with E-state index in [1.165, 1.54) is 64.2 Å². The number of carbonyl (C=O) groups excluding carboxylic acids is 1. The number of fused-ring (bicyclic) bond motifs is 5. The molecule has 0 spiro atoms. The number of hydrogen-bond donors (Lipinski definition) is 0. The lowest BCUT2D eigenvalue weighted by atomic mass is 9.41. The molecule has 4 aliphatic carbocycles. The number of rotatable bonds is 3. The van der Waals surface area contributed by atoms with E-state index < -0.39 is 0 Å². The molecule has 1 nitrogen and oxygen atoms in total. The van der Waals surface area contributed by atoms with Crippen molar-refractivity contribution in [1.82, 2.24) is 0 Å². The predicted molar refractivity (Wildman–Crippen MR) is 109 cm³/mol. The van der Waals surface area contributed by atoms with Crippen LogP contribution >= 0.6 is 0 Å². The Hall–Kier alpha value is -0.330. The van der Waals surface area contributed by atoms with Crippen molar-refractivity contribution in [2.24, 2.45) is 52.3 Å². The van der Waals surface area contributed by atoms with Gasteiger partial charge in [0.05, 0.1) is 0 Å². The summed E-state index contributed by atoms with van der Waals surface area (Å²) < 4.78 is 0. The van der Waals surface area contributed by atoms with E-state index in [0.29, 0.717) is 22.5 Å². The second kappa shape index (κ2) is 6.63. The molecule has 4 fully saturated rings. The zero-order chi connectivity index (χ0) is 18.7. The first-order valence-electron chi connectivity index (χ1n) is 11.8. The Balaban J connectivity index is 1.67. The molecule has 9 atom stereocenters. The van der Waals surface area contributed by atoms with Gasteiger partial charge in [-0.05, 0) is 105 Å². The Kier molecular flexibility index (Phi) is 4.84. The van der Waals surface area contributed by atoms with Crippen LogP contribution in [0.25, 0.3) is 0 Å². The lowest BCUT2D eigenvalue weighted by molar-refractivity contribution is -0.155. The lowest BCUT2D eigenvalue weighted by Gasteiger charge is -2.63. The standard InChI is InChI=1S/C25H42O/c1-6-18-11-13-22-20-12-10-19-8-7-9-21(16(2)17(3)26)25(19,5)23(20)14-15-24(18,22)4/h16,18-23H,6-15H2,1-5H3/t16?,18-,19?,20-,21?,22-,23-,24+,25+/m0/s1. The average molecular weight is 359 g/mol. The van der Waals surface area contributed by atoms with Gasteiger partial charge in [-0.3, -0.25) is 4.79 Å². The van der Waals surface area contributed by atoms with Crippen molar-refractivity contribution >= 4 is 5.78 Å². The summed E-state index contributed by atoms with van der Waals surface area (Å²) in [5.41, 5.74) is 1.05. The number of carbonyl (C=O) groups is 1. The molecule has 148 valence electrons. The molecular weight excluding hydrogens is 316 g/mol. The van der Waals surface area contributed by atoms with Gasteiger partial charge in [0, 0.05) is 5.92 Å². The van der Waals surface area contributed by atoms with Gasteiger partial charge < -0.3 is 0 Å². The number of ketones is 1. The minimum absolute atomic E-state index is 0.266. The fourth-order valence-corrected chi connectivity index (χ4v) is 9.25. The third-order valence-corrected chi connectivity index (χ3v) is 10.8. The van der Waals surface area contributed by atoms with Crippen LogP contribution in [0.3, 0.4) is 0 Å². The van der Waals surface area contributed by atoms with E-state index >= 15 is 0 Å². The quantitative estimate of drug-likeness (QED) is 0.536. The Morgan fingerprint density at radius 3 is 2.46 bits per heavy atom. The summed E-state index contributed by atoms with van der Waals surface area (Å²) in [5.74, 6) is 6.01. The molecule has 4 saturated carbocycles. The first-order valence-corrected chi connectivity index (χ1v) is 11.8. The fourth-order valence-electron chi connectivity index (χ4n) is 9.25. The van der Waals surface area contributed by atoms with E-state index in [2.05, 4.69) is 27.7 Å². The third kappa shape index (κ3) is 2.51. The molecule has 0 aliphatic heterocycles. The van der Waals surface area contributed by atoms with Crippen LogP contribution in [0.5, 0.6) is 0 Å². The summed E-state index contributed by atoms with van der Waals surface area (Å²) in [7, 11) is 0. The molecule has 26 heavy (non-hydrogen) atoms. The summed E-state index contributed by atoms with van der Waals surface area (Å²) in [6.07, 6.45) is 14.3. The van der Waals surface area contributed by atoms with E-state index in [9.17, 15) is 4.79 Å². The van der Waals surface area contributed by atoms with Crippen LogP contribution in [0.15, 0.2) is 0 Å². The highest BCUT2D eigenvalue weighted by atomic mass is 16.1. The largest absolute Gasteiger partial charge is 0.300 e. The number of hydrogen-bond acceptors (Lipinski definition) is 1. The molecule has 3 unspecified atom stereocenters. The molecule has 0 amide bonds. The summed E-state index contributed by atoms with van der Waals surface area (Å²) >= 11 is 0. The van der Waals surface area contributed by atoms with Crippen molar-refractivity contribution in [3.63, 3.8) is 0 Å². The van der Waals surface area contributed by atoms with Crippen molar-refractivity contribution in [3.8, 4) is 0 Å². The van der Waals surface area contributed by atoms with Gasteiger partial charge in [-0.2, -0.15) is 0 Å². The van der Waals surface area contributed by atoms with Crippen LogP contribution in [0.4, 0.5) is 0 Å². The summed E-state index contributed by atoms with van der Waals surface area (Å²) in [4.78, 5) is 12.3. The Morgan fingerprint density at radius 1 is 1.00 bits per heavy atom. The van der Waals surface area contributed by atoms with Crippen molar-refractivity contribution < 1.29 is 4.79 Å². The molecule has 4 aliphatic rings. The molecule has 0 aromatic heterocycles. The smallest absolute Gasteiger partial charge is 0.132 e. The fraction of sp³-hybridized carbons (Fsp3) is 0.960. The molecule has 0 heterocycles. The SMILES string of the molecule is CC[C@H]1CC[C@H]2[C@@H]3CCC4CCCC(C(C)C(C)=O)[C@]4(C)[C@H]3CC[C@]12C. The summed E-state index contributed by atoms with van der Waals surface area (Å²) in [6.45, 7) is 11.8. The highest BCUT2D eigenvalue weighted by Crippen LogP contribution is 2.69. The maximum Gasteiger partial charge on any atom is 0.132 e. The monoisotopic (exact) mass is 358 g/mol. The van der Waals surface area contributed by atoms with E-state index in [-0.39, 0.29) is 5.92 Å². The zero-order valence-electron chi connectivity index (χ0n) is 18.0. The Bertz CT molecular complexity index is 552. The van der Waals surface area contributed by atoms with Crippen LogP contribution in [0.2, 0.25) is 0 Å². The van der Waals surface area contributed by atoms with Crippen LogP contribution in [-0.2, 0) is 4.79 Å². The molecule has 0 radical (unpaired) electrons. The Labute approximate surface area is 162 Å². The maximum atomic E-state index is 12.3. The molecule has 0 N–H and O–H groups in total. The minimum Gasteiger partial charge on any atom is -0.300 e. The van der Waals surface area contributed by atoms with Gasteiger partial charge in [-0.15, -0.1) is 0 Å². The lowest BCUT2D eigenvalue weighted by Crippen LogP contribution is -2.57. The van der Waals surface area contributed by atoms with Crippen molar-refractivity contribution in [2.75, 3.05) is 0 Å². The molecule has 0 aromatic rings. The Morgan fingerprint density at radius 2 is 1.77 bits per heavy atom. The van der Waals surface area contributed by atoms with E-state index in [4.69, 9.17) is 0 Å². The molecule has 4 rings (SSSR count). The van der Waals surface area contributed by atoms with Crippen LogP contribution in [-0.4, -0.2) is 5.78 Å². The van der Waals surface area contributed by atoms with Gasteiger partial charge in [0.15, 0.2) is 0 Å². The first kappa shape index (κ1) is 19.0. The van der Waals surface area contributed by atoms with Crippen LogP contribution in [0, 0.1) is 52.3 Å². The maximum absolute atomic E-state index is 12.3. The molecule has 0 bridgehead atoms. The second-order valence-corrected chi connectivity index (χ2v) is 11.2. The average Bonchev–Trinajstić information content (AvgIpc) is 2.96. The second-order valence-electron chi connectivity index (χ2n) is 11.2. The van der Waals surface area contributed by atoms with Gasteiger partial charge >= 0.3 is 0 Å². The highest BCUT2D eigenvalue weighted by Gasteiger charge is 2.61. The highest BCUT2D eigenvalue weighted by molar-refractivity contribution is 5.78. The third-order valence-electron chi connectivity index (χ3n) is 10.8. The van der Waals surface area contributed by atoms with Gasteiger partial charge in [-0.25, -0.2) is 0 Å². The predicted octanol–water partition coefficient (Wildman–Crippen LogP) is 6.90. The molecule has 1 heteroatoms. The van der Waals surface area contributed by atoms with Crippen molar-refractivity contribution in [3.05, 3.63) is 0 Å². The van der Waals surface area contributed by atoms with Crippen LogP contribution < -0.4 is 0 Å². The van der Waals surface area contributed by atoms with Gasteiger partial charge in [0.1, 0.15) is 5.78 Å². The van der Waals surface area contributed by atoms with E-state index in [1.54, 1.807) is 0 Å². The first-order chi connectivity index (χ1) is 12.3. The van der Waals surface area contributed by atoms with Crippen LogP contribution in [0.1, 0.15) is 98.8 Å². The van der Waals surface area contributed by atoms with E-state index in [0.717, 1.165) is 29.6 Å². The summed E-state index contributed by atoms with van der Waals surface area (Å²) in [5, 5.41) is 0. The normalized spacial score (nSPS) is 51.9.